The molecule has 0 aromatic carbocycles. The lowest BCUT2D eigenvalue weighted by atomic mass is 10.0. The molecule has 1 aromatic rings. The van der Waals surface area contributed by atoms with Gasteiger partial charge in [0.05, 0.1) is 0 Å². The van der Waals surface area contributed by atoms with Crippen LogP contribution >= 0.6 is 0 Å². The Morgan fingerprint density at radius 2 is 1.94 bits per heavy atom. The molecule has 0 spiro atoms. The normalized spacial score (nSPS) is 15.4. The van der Waals surface area contributed by atoms with Crippen molar-refractivity contribution in [2.24, 2.45) is 5.92 Å². The summed E-state index contributed by atoms with van der Waals surface area (Å²) >= 11 is 0. The molecule has 1 aliphatic rings. The lowest BCUT2D eigenvalue weighted by Crippen LogP contribution is -2.24. The molecule has 0 fully saturated rings. The third-order valence-corrected chi connectivity index (χ3v) is 3.62. The summed E-state index contributed by atoms with van der Waals surface area (Å²) in [6.45, 7) is 10.3. The standard InChI is InChI=1S/C15H22N2O/c1-10(2)15(18)6-14-5-12-8-17(11(3)4)9-13(12)7-16-14/h5,7,10-11H,6,8-9H2,1-4H3. The van der Waals surface area contributed by atoms with Gasteiger partial charge in [-0.25, -0.2) is 0 Å². The van der Waals surface area contributed by atoms with Crippen LogP contribution in [0.4, 0.5) is 0 Å². The second kappa shape index (κ2) is 5.19. The van der Waals surface area contributed by atoms with Gasteiger partial charge in [0.1, 0.15) is 5.78 Å². The first-order valence-corrected chi connectivity index (χ1v) is 6.70. The van der Waals surface area contributed by atoms with Gasteiger partial charge in [-0.2, -0.15) is 0 Å². The Hall–Kier alpha value is -1.22. The van der Waals surface area contributed by atoms with E-state index in [4.69, 9.17) is 0 Å². The summed E-state index contributed by atoms with van der Waals surface area (Å²) in [6.07, 6.45) is 2.41. The van der Waals surface area contributed by atoms with Crippen LogP contribution in [-0.4, -0.2) is 21.7 Å². The van der Waals surface area contributed by atoms with Crippen molar-refractivity contribution < 1.29 is 4.79 Å². The third kappa shape index (κ3) is 2.78. The number of Topliss-reactive ketones (excluding diaryl/α,β-unsaturated/α-hetero) is 1. The monoisotopic (exact) mass is 246 g/mol. The maximum absolute atomic E-state index is 11.7. The SMILES string of the molecule is CC(C)C(=O)Cc1cc2c(cn1)CN(C(C)C)C2. The van der Waals surface area contributed by atoms with Crippen LogP contribution in [-0.2, 0) is 24.3 Å². The molecule has 2 rings (SSSR count). The van der Waals surface area contributed by atoms with Crippen molar-refractivity contribution in [3.05, 3.63) is 29.1 Å². The van der Waals surface area contributed by atoms with Crippen LogP contribution in [0.15, 0.2) is 12.3 Å². The fourth-order valence-electron chi connectivity index (χ4n) is 2.20. The molecule has 0 saturated carbocycles. The Bertz CT molecular complexity index is 452. The van der Waals surface area contributed by atoms with Gasteiger partial charge in [0.25, 0.3) is 0 Å². The summed E-state index contributed by atoms with van der Waals surface area (Å²) in [6, 6.07) is 2.66. The maximum atomic E-state index is 11.7. The van der Waals surface area contributed by atoms with Crippen molar-refractivity contribution in [2.75, 3.05) is 0 Å². The summed E-state index contributed by atoms with van der Waals surface area (Å²) in [5.74, 6) is 0.355. The van der Waals surface area contributed by atoms with E-state index in [1.165, 1.54) is 11.1 Å². The largest absolute Gasteiger partial charge is 0.299 e. The molecule has 1 aromatic heterocycles. The highest BCUT2D eigenvalue weighted by atomic mass is 16.1. The second-order valence-corrected chi connectivity index (χ2v) is 5.74. The summed E-state index contributed by atoms with van der Waals surface area (Å²) in [7, 11) is 0. The van der Waals surface area contributed by atoms with Gasteiger partial charge in [0.2, 0.25) is 0 Å². The highest BCUT2D eigenvalue weighted by Gasteiger charge is 2.22. The highest BCUT2D eigenvalue weighted by molar-refractivity contribution is 5.82. The van der Waals surface area contributed by atoms with E-state index in [9.17, 15) is 4.79 Å². The molecule has 0 saturated heterocycles. The Morgan fingerprint density at radius 3 is 2.56 bits per heavy atom. The minimum Gasteiger partial charge on any atom is -0.299 e. The number of aromatic nitrogens is 1. The number of hydrogen-bond donors (Lipinski definition) is 0. The molecule has 3 nitrogen and oxygen atoms in total. The zero-order valence-corrected chi connectivity index (χ0v) is 11.7. The fraction of sp³-hybridized carbons (Fsp3) is 0.600. The Labute approximate surface area is 109 Å². The van der Waals surface area contributed by atoms with Crippen molar-refractivity contribution in [1.82, 2.24) is 9.88 Å². The van der Waals surface area contributed by atoms with Crippen molar-refractivity contribution in [3.63, 3.8) is 0 Å². The number of fused-ring (bicyclic) bond motifs is 1. The minimum absolute atomic E-state index is 0.0900. The zero-order chi connectivity index (χ0) is 13.3. The first-order valence-electron chi connectivity index (χ1n) is 6.70. The Kier molecular flexibility index (Phi) is 3.81. The van der Waals surface area contributed by atoms with E-state index in [-0.39, 0.29) is 11.7 Å². The van der Waals surface area contributed by atoms with E-state index >= 15 is 0 Å². The molecule has 2 heterocycles. The summed E-state index contributed by atoms with van der Waals surface area (Å²) < 4.78 is 0. The molecule has 0 aliphatic carbocycles. The van der Waals surface area contributed by atoms with Gasteiger partial charge < -0.3 is 0 Å². The van der Waals surface area contributed by atoms with Crippen molar-refractivity contribution in [2.45, 2.75) is 53.2 Å². The van der Waals surface area contributed by atoms with Gasteiger partial charge in [-0.3, -0.25) is 14.7 Å². The zero-order valence-electron chi connectivity index (χ0n) is 11.7. The average molecular weight is 246 g/mol. The number of carbonyl (C=O) groups is 1. The number of carbonyl (C=O) groups excluding carboxylic acids is 1. The lowest BCUT2D eigenvalue weighted by Gasteiger charge is -2.18. The van der Waals surface area contributed by atoms with E-state index in [1.54, 1.807) is 0 Å². The Morgan fingerprint density at radius 1 is 1.28 bits per heavy atom. The van der Waals surface area contributed by atoms with Crippen LogP contribution in [0.25, 0.3) is 0 Å². The van der Waals surface area contributed by atoms with Gasteiger partial charge in [-0.1, -0.05) is 13.8 Å². The van der Waals surface area contributed by atoms with E-state index in [0.29, 0.717) is 12.5 Å². The lowest BCUT2D eigenvalue weighted by molar-refractivity contribution is -0.121. The summed E-state index contributed by atoms with van der Waals surface area (Å²) in [5, 5.41) is 0. The molecule has 3 heteroatoms. The smallest absolute Gasteiger partial charge is 0.141 e. The number of pyridine rings is 1. The van der Waals surface area contributed by atoms with E-state index in [1.807, 2.05) is 20.0 Å². The summed E-state index contributed by atoms with van der Waals surface area (Å²) in [5.41, 5.74) is 3.56. The van der Waals surface area contributed by atoms with E-state index in [2.05, 4.69) is 29.8 Å². The van der Waals surface area contributed by atoms with E-state index in [0.717, 1.165) is 18.8 Å². The predicted molar refractivity (Wildman–Crippen MR) is 72.2 cm³/mol. The molecule has 0 N–H and O–H groups in total. The van der Waals surface area contributed by atoms with Gasteiger partial charge in [-0.15, -0.1) is 0 Å². The minimum atomic E-state index is 0.0900. The molecular formula is C15H22N2O. The van der Waals surface area contributed by atoms with Crippen LogP contribution in [0.3, 0.4) is 0 Å². The van der Waals surface area contributed by atoms with Gasteiger partial charge >= 0.3 is 0 Å². The molecule has 18 heavy (non-hydrogen) atoms. The van der Waals surface area contributed by atoms with Crippen molar-refractivity contribution >= 4 is 5.78 Å². The van der Waals surface area contributed by atoms with Crippen molar-refractivity contribution in [1.29, 1.82) is 0 Å². The van der Waals surface area contributed by atoms with Gasteiger partial charge in [0, 0.05) is 43.4 Å². The number of hydrogen-bond acceptors (Lipinski definition) is 3. The molecular weight excluding hydrogens is 224 g/mol. The molecule has 1 aliphatic heterocycles. The van der Waals surface area contributed by atoms with Gasteiger partial charge in [0.15, 0.2) is 0 Å². The number of ketones is 1. The number of rotatable bonds is 4. The van der Waals surface area contributed by atoms with Gasteiger partial charge in [-0.05, 0) is 31.0 Å². The van der Waals surface area contributed by atoms with Crippen LogP contribution in [0.2, 0.25) is 0 Å². The van der Waals surface area contributed by atoms with E-state index < -0.39 is 0 Å². The highest BCUT2D eigenvalue weighted by Crippen LogP contribution is 2.24. The molecule has 0 unspecified atom stereocenters. The predicted octanol–water partition coefficient (Wildman–Crippen LogP) is 2.57. The molecule has 0 radical (unpaired) electrons. The molecule has 98 valence electrons. The van der Waals surface area contributed by atoms with Crippen molar-refractivity contribution in [3.8, 4) is 0 Å². The van der Waals surface area contributed by atoms with Crippen LogP contribution in [0.5, 0.6) is 0 Å². The Balaban J connectivity index is 2.11. The first-order chi connectivity index (χ1) is 8.47. The summed E-state index contributed by atoms with van der Waals surface area (Å²) in [4.78, 5) is 18.6. The van der Waals surface area contributed by atoms with Crippen LogP contribution in [0, 0.1) is 5.92 Å². The fourth-order valence-corrected chi connectivity index (χ4v) is 2.20. The second-order valence-electron chi connectivity index (χ2n) is 5.74. The molecule has 0 bridgehead atoms. The molecule has 0 atom stereocenters. The maximum Gasteiger partial charge on any atom is 0.141 e. The number of nitrogens with zero attached hydrogens (tertiary/aromatic N) is 2. The average Bonchev–Trinajstić information content (AvgIpc) is 2.71. The van der Waals surface area contributed by atoms with Crippen LogP contribution in [0.1, 0.15) is 44.5 Å². The third-order valence-electron chi connectivity index (χ3n) is 3.62. The molecule has 0 amide bonds. The quantitative estimate of drug-likeness (QED) is 0.818. The topological polar surface area (TPSA) is 33.2 Å². The first kappa shape index (κ1) is 13.2. The van der Waals surface area contributed by atoms with Crippen LogP contribution < -0.4 is 0 Å².